The molecule has 0 aliphatic rings. The Kier molecular flexibility index (Phi) is 10.6. The minimum absolute atomic E-state index is 0.0264. The fourth-order valence-electron chi connectivity index (χ4n) is 1.58. The average molecular weight is 244 g/mol. The molecule has 0 aromatic rings. The molecule has 4 heteroatoms. The first-order chi connectivity index (χ1) is 7.66. The second-order valence-corrected chi connectivity index (χ2v) is 5.16. The summed E-state index contributed by atoms with van der Waals surface area (Å²) < 4.78 is 0. The lowest BCUT2D eigenvalue weighted by Gasteiger charge is -2.01. The number of carbonyl (C=O) groups excluding carboxylic acids is 1. The molecule has 0 saturated heterocycles. The normalized spacial score (nSPS) is 10.3. The summed E-state index contributed by atoms with van der Waals surface area (Å²) in [7, 11) is 0. The summed E-state index contributed by atoms with van der Waals surface area (Å²) in [5, 5.41) is 6.89. The summed E-state index contributed by atoms with van der Waals surface area (Å²) in [6.07, 6.45) is 10.4. The molecule has 0 aliphatic carbocycles. The number of amidine groups is 1. The van der Waals surface area contributed by atoms with Crippen LogP contribution in [-0.4, -0.2) is 10.3 Å². The van der Waals surface area contributed by atoms with Gasteiger partial charge >= 0.3 is 0 Å². The number of carbonyl (C=O) groups is 1. The van der Waals surface area contributed by atoms with Crippen LogP contribution in [-0.2, 0) is 4.79 Å². The van der Waals surface area contributed by atoms with Crippen LogP contribution in [0, 0.1) is 5.41 Å². The van der Waals surface area contributed by atoms with Crippen LogP contribution < -0.4 is 5.73 Å². The van der Waals surface area contributed by atoms with Crippen molar-refractivity contribution in [3.63, 3.8) is 0 Å². The van der Waals surface area contributed by atoms with E-state index in [1.54, 1.807) is 0 Å². The van der Waals surface area contributed by atoms with Gasteiger partial charge in [-0.15, -0.1) is 0 Å². The molecule has 3 nitrogen and oxygen atoms in total. The summed E-state index contributed by atoms with van der Waals surface area (Å²) in [5.41, 5.74) is 5.12. The van der Waals surface area contributed by atoms with E-state index >= 15 is 0 Å². The number of nitrogens with two attached hydrogens (primary N) is 1. The molecule has 0 aromatic carbocycles. The van der Waals surface area contributed by atoms with E-state index in [2.05, 4.69) is 6.92 Å². The molecule has 3 N–H and O–H groups in total. The Hall–Kier alpha value is -0.510. The third-order valence-corrected chi connectivity index (χ3v) is 3.11. The van der Waals surface area contributed by atoms with Gasteiger partial charge in [0.05, 0.1) is 0 Å². The molecule has 0 amide bonds. The molecule has 0 saturated carbocycles. The van der Waals surface area contributed by atoms with Crippen LogP contribution in [0.15, 0.2) is 0 Å². The first-order valence-corrected chi connectivity index (χ1v) is 7.03. The molecule has 16 heavy (non-hydrogen) atoms. The summed E-state index contributed by atoms with van der Waals surface area (Å²) in [6.45, 7) is 2.22. The number of unbranched alkanes of at least 4 members (excludes halogenated alkanes) is 7. The van der Waals surface area contributed by atoms with Crippen molar-refractivity contribution in [3.8, 4) is 0 Å². The van der Waals surface area contributed by atoms with E-state index in [1.165, 1.54) is 38.5 Å². The van der Waals surface area contributed by atoms with Gasteiger partial charge in [0, 0.05) is 6.42 Å². The van der Waals surface area contributed by atoms with Gasteiger partial charge in [-0.25, -0.2) is 0 Å². The predicted octanol–water partition coefficient (Wildman–Crippen LogP) is 3.67. The van der Waals surface area contributed by atoms with Gasteiger partial charge in [0.1, 0.15) is 0 Å². The maximum Gasteiger partial charge on any atom is 0.196 e. The smallest absolute Gasteiger partial charge is 0.196 e. The van der Waals surface area contributed by atoms with Gasteiger partial charge in [-0.2, -0.15) is 0 Å². The highest BCUT2D eigenvalue weighted by atomic mass is 32.2. The molecular weight excluding hydrogens is 220 g/mol. The third kappa shape index (κ3) is 11.6. The van der Waals surface area contributed by atoms with E-state index in [1.807, 2.05) is 0 Å². The molecule has 0 spiro atoms. The van der Waals surface area contributed by atoms with E-state index in [0.717, 1.165) is 24.6 Å². The van der Waals surface area contributed by atoms with Gasteiger partial charge in [0.25, 0.3) is 0 Å². The molecule has 0 aliphatic heterocycles. The Balaban J connectivity index is 3.14. The molecule has 0 aromatic heterocycles. The second-order valence-electron chi connectivity index (χ2n) is 4.06. The molecule has 0 fully saturated rings. The molecule has 0 atom stereocenters. The van der Waals surface area contributed by atoms with Gasteiger partial charge in [-0.05, 0) is 18.2 Å². The molecule has 0 unspecified atom stereocenters. The Labute approximate surface area is 103 Å². The number of rotatable bonds is 9. The Morgan fingerprint density at radius 2 is 1.56 bits per heavy atom. The third-order valence-electron chi connectivity index (χ3n) is 2.46. The molecule has 0 heterocycles. The fourth-order valence-corrected chi connectivity index (χ4v) is 2.07. The number of thioether (sulfide) groups is 1. The zero-order valence-electron chi connectivity index (χ0n) is 10.3. The molecule has 0 rings (SSSR count). The van der Waals surface area contributed by atoms with Crippen molar-refractivity contribution in [3.05, 3.63) is 0 Å². The summed E-state index contributed by atoms with van der Waals surface area (Å²) >= 11 is 0.852. The largest absolute Gasteiger partial charge is 0.378 e. The van der Waals surface area contributed by atoms with Gasteiger partial charge in [0.2, 0.25) is 0 Å². The fraction of sp³-hybridized carbons (Fsp3) is 0.833. The van der Waals surface area contributed by atoms with Crippen molar-refractivity contribution in [2.45, 2.75) is 64.7 Å². The average Bonchev–Trinajstić information content (AvgIpc) is 2.21. The van der Waals surface area contributed by atoms with Gasteiger partial charge in [0.15, 0.2) is 10.3 Å². The number of nitrogens with one attached hydrogen (secondary N) is 1. The lowest BCUT2D eigenvalue weighted by Crippen LogP contribution is -2.07. The maximum absolute atomic E-state index is 11.2. The van der Waals surface area contributed by atoms with E-state index in [0.29, 0.717) is 6.42 Å². The van der Waals surface area contributed by atoms with E-state index in [9.17, 15) is 4.79 Å². The zero-order chi connectivity index (χ0) is 12.2. The van der Waals surface area contributed by atoms with Crippen LogP contribution in [0.3, 0.4) is 0 Å². The quantitative estimate of drug-likeness (QED) is 0.369. The summed E-state index contributed by atoms with van der Waals surface area (Å²) in [5.74, 6) is 0. The highest BCUT2D eigenvalue weighted by molar-refractivity contribution is 8.26. The highest BCUT2D eigenvalue weighted by Gasteiger charge is 2.03. The highest BCUT2D eigenvalue weighted by Crippen LogP contribution is 2.12. The lowest BCUT2D eigenvalue weighted by molar-refractivity contribution is -0.111. The van der Waals surface area contributed by atoms with Crippen molar-refractivity contribution >= 4 is 22.0 Å². The number of hydrogen-bond acceptors (Lipinski definition) is 3. The van der Waals surface area contributed by atoms with Crippen molar-refractivity contribution in [1.82, 2.24) is 0 Å². The zero-order valence-corrected chi connectivity index (χ0v) is 11.1. The summed E-state index contributed by atoms with van der Waals surface area (Å²) in [6, 6.07) is 0. The van der Waals surface area contributed by atoms with Crippen LogP contribution in [0.4, 0.5) is 0 Å². The van der Waals surface area contributed by atoms with Crippen molar-refractivity contribution in [2.24, 2.45) is 5.73 Å². The minimum Gasteiger partial charge on any atom is -0.378 e. The van der Waals surface area contributed by atoms with E-state index < -0.39 is 0 Å². The van der Waals surface area contributed by atoms with Crippen molar-refractivity contribution in [1.29, 1.82) is 5.41 Å². The van der Waals surface area contributed by atoms with Gasteiger partial charge < -0.3 is 5.73 Å². The molecule has 0 radical (unpaired) electrons. The standard InChI is InChI=1S/C12H24N2OS/c1-2-3-4-5-6-7-8-9-10-11(15)16-12(13)14/h2-10H2,1H3,(H3,13,14). The lowest BCUT2D eigenvalue weighted by atomic mass is 10.1. The first kappa shape index (κ1) is 15.5. The molecule has 0 bridgehead atoms. The minimum atomic E-state index is -0.0930. The predicted molar refractivity (Wildman–Crippen MR) is 71.7 cm³/mol. The topological polar surface area (TPSA) is 66.9 Å². The van der Waals surface area contributed by atoms with E-state index in [4.69, 9.17) is 11.1 Å². The van der Waals surface area contributed by atoms with Crippen molar-refractivity contribution < 1.29 is 4.79 Å². The number of hydrogen-bond donors (Lipinski definition) is 2. The van der Waals surface area contributed by atoms with Crippen LogP contribution in [0.25, 0.3) is 0 Å². The van der Waals surface area contributed by atoms with E-state index in [-0.39, 0.29) is 10.3 Å². The molecular formula is C12H24N2OS. The monoisotopic (exact) mass is 244 g/mol. The Morgan fingerprint density at radius 1 is 1.06 bits per heavy atom. The van der Waals surface area contributed by atoms with Crippen LogP contribution in [0.2, 0.25) is 0 Å². The second kappa shape index (κ2) is 11.0. The van der Waals surface area contributed by atoms with Gasteiger partial charge in [-0.3, -0.25) is 10.2 Å². The summed E-state index contributed by atoms with van der Waals surface area (Å²) in [4.78, 5) is 11.2. The molecule has 94 valence electrons. The first-order valence-electron chi connectivity index (χ1n) is 6.21. The van der Waals surface area contributed by atoms with Crippen molar-refractivity contribution in [2.75, 3.05) is 0 Å². The van der Waals surface area contributed by atoms with Gasteiger partial charge in [-0.1, -0.05) is 51.9 Å². The van der Waals surface area contributed by atoms with Crippen LogP contribution >= 0.6 is 11.8 Å². The van der Waals surface area contributed by atoms with Crippen LogP contribution in [0.1, 0.15) is 64.7 Å². The van der Waals surface area contributed by atoms with Crippen LogP contribution in [0.5, 0.6) is 0 Å². The Bertz CT molecular complexity index is 207. The Morgan fingerprint density at radius 3 is 2.06 bits per heavy atom. The SMILES string of the molecule is CCCCCCCCCCC(=O)SC(=N)N. The maximum atomic E-state index is 11.2.